The zero-order valence-corrected chi connectivity index (χ0v) is 42.9. The van der Waals surface area contributed by atoms with Crippen LogP contribution in [0.1, 0.15) is 114 Å². The Morgan fingerprint density at radius 3 is 2.07 bits per heavy atom. The summed E-state index contributed by atoms with van der Waals surface area (Å²) in [6, 6.07) is 15.9. The Morgan fingerprint density at radius 1 is 0.903 bits per heavy atom. The molecule has 2 heterocycles. The molecule has 0 spiro atoms. The largest absolute Gasteiger partial charge is 0.438 e. The summed E-state index contributed by atoms with van der Waals surface area (Å²) in [5.74, 6) is 1.45. The summed E-state index contributed by atoms with van der Waals surface area (Å²) in [6.07, 6.45) is 1.65. The number of allylic oxidation sites excluding steroid dienone is 2. The van der Waals surface area contributed by atoms with E-state index >= 15 is 8.78 Å². The number of benzene rings is 3. The van der Waals surface area contributed by atoms with Crippen LogP contribution in [0.5, 0.6) is 0 Å². The second-order valence-corrected chi connectivity index (χ2v) is 22.0. The number of halogens is 2. The number of hydrogen-bond donors (Lipinski definition) is 3. The molecule has 0 fully saturated rings. The lowest BCUT2D eigenvalue weighted by Crippen LogP contribution is -2.54. The fourth-order valence-electron chi connectivity index (χ4n) is 7.92. The van der Waals surface area contributed by atoms with Gasteiger partial charge in [0.25, 0.3) is 0 Å². The van der Waals surface area contributed by atoms with Crippen LogP contribution in [0.25, 0.3) is 5.57 Å². The van der Waals surface area contributed by atoms with Gasteiger partial charge in [0.2, 0.25) is 31.3 Å². The van der Waals surface area contributed by atoms with E-state index in [2.05, 4.69) is 17.2 Å². The lowest BCUT2D eigenvalue weighted by Gasteiger charge is -2.31. The molecule has 19 heteroatoms. The van der Waals surface area contributed by atoms with Crippen LogP contribution in [0, 0.1) is 28.6 Å². The fraction of sp³-hybridized carbons (Fsp3) is 0.472. The second kappa shape index (κ2) is 24.1. The number of para-hydroxylation sites is 1. The van der Waals surface area contributed by atoms with E-state index in [9.17, 15) is 33.3 Å². The molecule has 3 aromatic carbocycles. The van der Waals surface area contributed by atoms with Crippen LogP contribution in [-0.4, -0.2) is 73.8 Å². The van der Waals surface area contributed by atoms with Crippen LogP contribution in [0.3, 0.4) is 0 Å². The number of esters is 2. The van der Waals surface area contributed by atoms with Crippen molar-refractivity contribution in [3.05, 3.63) is 106 Å². The Labute approximate surface area is 419 Å². The predicted octanol–water partition coefficient (Wildman–Crippen LogP) is 7.60. The van der Waals surface area contributed by atoms with Crippen molar-refractivity contribution in [3.63, 3.8) is 0 Å². The number of alkyl halides is 2. The number of aryl methyl sites for hydroxylation is 1. The van der Waals surface area contributed by atoms with Crippen LogP contribution in [0.15, 0.2) is 72.8 Å². The Balaban J connectivity index is 1.29. The molecule has 0 saturated heterocycles. The van der Waals surface area contributed by atoms with Gasteiger partial charge < -0.3 is 31.0 Å². The van der Waals surface area contributed by atoms with Crippen LogP contribution >= 0.6 is 7.60 Å². The van der Waals surface area contributed by atoms with E-state index in [0.717, 1.165) is 34.4 Å². The average molecular weight is 1020 g/mol. The number of ether oxygens (including phenoxy) is 3. The van der Waals surface area contributed by atoms with Crippen LogP contribution in [0.2, 0.25) is 0 Å². The average Bonchev–Trinajstić information content (AvgIpc) is 3.66. The van der Waals surface area contributed by atoms with Gasteiger partial charge in [-0.25, -0.2) is 0 Å². The van der Waals surface area contributed by atoms with Gasteiger partial charge in [0, 0.05) is 36.3 Å². The first-order chi connectivity index (χ1) is 33.7. The fourth-order valence-corrected chi connectivity index (χ4v) is 9.17. The molecule has 5 N–H and O–H groups in total. The minimum absolute atomic E-state index is 0.0274. The maximum Gasteiger partial charge on any atom is 0.410 e. The third kappa shape index (κ3) is 14.5. The molecule has 388 valence electrons. The van der Waals surface area contributed by atoms with Gasteiger partial charge in [-0.1, -0.05) is 66.4 Å². The number of nitrogens with two attached hydrogens (primary N) is 2. The molecule has 0 aliphatic carbocycles. The minimum atomic E-state index is -5.57. The first-order valence-corrected chi connectivity index (χ1v) is 25.2. The molecule has 16 nitrogen and oxygen atoms in total. The SMILES string of the molecule is C/C(=C\C(=O)C[C@H]1CCc2cccc3c2N(C1=O)[C@H](C(=O)N[C@@H](CCC(N)=O)[C@@H](C)OCc1ccc(C#CCN)cc1)C3)c1ccc(C(F)(F)P(=O)(OCOC(=O)C(C)(C)C)OCOC(=O)C(C)(C)C)cc1. The Morgan fingerprint density at radius 2 is 1.50 bits per heavy atom. The molecule has 0 unspecified atom stereocenters. The summed E-state index contributed by atoms with van der Waals surface area (Å²) in [6.45, 7) is 10.6. The summed E-state index contributed by atoms with van der Waals surface area (Å²) in [7, 11) is -5.57. The highest BCUT2D eigenvalue weighted by atomic mass is 31.2. The summed E-state index contributed by atoms with van der Waals surface area (Å²) >= 11 is 0. The normalized spacial score (nSPS) is 16.9. The highest BCUT2D eigenvalue weighted by Crippen LogP contribution is 2.67. The van der Waals surface area contributed by atoms with Crippen molar-refractivity contribution in [2.45, 2.75) is 124 Å². The zero-order chi connectivity index (χ0) is 53.2. The molecule has 72 heavy (non-hydrogen) atoms. The first-order valence-electron chi connectivity index (χ1n) is 23.6. The van der Waals surface area contributed by atoms with Gasteiger partial charge in [-0.3, -0.25) is 47.3 Å². The van der Waals surface area contributed by atoms with E-state index in [4.69, 9.17) is 34.7 Å². The van der Waals surface area contributed by atoms with Crippen LogP contribution < -0.4 is 21.7 Å². The molecule has 0 saturated carbocycles. The number of amides is 3. The Bertz CT molecular complexity index is 2600. The van der Waals surface area contributed by atoms with Crippen molar-refractivity contribution in [1.82, 2.24) is 5.32 Å². The molecule has 3 amide bonds. The van der Waals surface area contributed by atoms with Gasteiger partial charge in [0.05, 0.1) is 41.8 Å². The number of carbonyl (C=O) groups is 6. The topological polar surface area (TPSA) is 233 Å². The van der Waals surface area contributed by atoms with E-state index in [-0.39, 0.29) is 38.8 Å². The quantitative estimate of drug-likeness (QED) is 0.0307. The number of primary amides is 1. The first kappa shape index (κ1) is 56.8. The maximum absolute atomic E-state index is 16.2. The molecule has 2 aliphatic heterocycles. The lowest BCUT2D eigenvalue weighted by molar-refractivity contribution is -0.163. The number of carbonyl (C=O) groups excluding carboxylic acids is 6. The molecule has 5 rings (SSSR count). The van der Waals surface area contributed by atoms with Crippen molar-refractivity contribution in [1.29, 1.82) is 0 Å². The van der Waals surface area contributed by atoms with Crippen LogP contribution in [-0.2, 0) is 81.7 Å². The van der Waals surface area contributed by atoms with Gasteiger partial charge in [0.1, 0.15) is 6.04 Å². The van der Waals surface area contributed by atoms with Crippen molar-refractivity contribution in [2.75, 3.05) is 25.0 Å². The zero-order valence-electron chi connectivity index (χ0n) is 42.0. The molecule has 4 atom stereocenters. The predicted molar refractivity (Wildman–Crippen MR) is 264 cm³/mol. The Kier molecular flexibility index (Phi) is 19.0. The molecule has 0 radical (unpaired) electrons. The van der Waals surface area contributed by atoms with Gasteiger partial charge in [0.15, 0.2) is 5.78 Å². The Hall–Kier alpha value is -6.09. The van der Waals surface area contributed by atoms with E-state index in [1.807, 2.05) is 42.5 Å². The lowest BCUT2D eigenvalue weighted by atomic mass is 9.92. The molecular formula is C53H65F2N4O12P. The van der Waals surface area contributed by atoms with Gasteiger partial charge in [-0.2, -0.15) is 8.78 Å². The standard InChI is InChI=1S/C53H65F2N4O12P/c1-33(37-20-22-41(23-21-37)53(54,55)72(66,70-31-68-49(64)51(3,4)5)71-32-69-50(65)52(6,7)8)27-42(60)28-40-19-18-38-12-9-13-39-29-44(59(46(38)39)48(40)63)47(62)58-43(24-25-45(57)61)34(2)67-30-36-16-14-35(15-17-36)11-10-26-56/h9,12-17,20-23,27,34,40,43-44H,18-19,24-26,28-32,56H2,1-8H3,(H2,57,61)(H,58,62)/b33-27+/t34-,40-,43+,44+/m1/s1. The minimum Gasteiger partial charge on any atom is -0.438 e. The van der Waals surface area contributed by atoms with E-state index in [1.165, 1.54) is 64.7 Å². The summed E-state index contributed by atoms with van der Waals surface area (Å²) in [4.78, 5) is 80.6. The van der Waals surface area contributed by atoms with Crippen molar-refractivity contribution < 1.29 is 65.4 Å². The molecule has 2 aliphatic rings. The summed E-state index contributed by atoms with van der Waals surface area (Å²) < 4.78 is 72.1. The van der Waals surface area contributed by atoms with E-state index < -0.39 is 103 Å². The number of nitrogens with zero attached hydrogens (tertiary/aromatic N) is 1. The summed E-state index contributed by atoms with van der Waals surface area (Å²) in [5.41, 5.74) is 8.41. The summed E-state index contributed by atoms with van der Waals surface area (Å²) in [5, 5.41) is 3.04. The van der Waals surface area contributed by atoms with Crippen LogP contribution in [0.4, 0.5) is 14.5 Å². The number of nitrogens with one attached hydrogen (secondary N) is 1. The number of ketones is 1. The van der Waals surface area contributed by atoms with Gasteiger partial charge in [-0.05, 0) is 121 Å². The third-order valence-electron chi connectivity index (χ3n) is 12.1. The monoisotopic (exact) mass is 1020 g/mol. The molecule has 0 bridgehead atoms. The second-order valence-electron chi connectivity index (χ2n) is 19.9. The van der Waals surface area contributed by atoms with Crippen molar-refractivity contribution in [2.24, 2.45) is 28.2 Å². The van der Waals surface area contributed by atoms with E-state index in [1.54, 1.807) is 13.8 Å². The van der Waals surface area contributed by atoms with Gasteiger partial charge >= 0.3 is 25.2 Å². The highest BCUT2D eigenvalue weighted by molar-refractivity contribution is 7.54. The smallest absolute Gasteiger partial charge is 0.410 e. The number of anilines is 1. The van der Waals surface area contributed by atoms with E-state index in [0.29, 0.717) is 29.7 Å². The van der Waals surface area contributed by atoms with Crippen molar-refractivity contribution in [3.8, 4) is 11.8 Å². The number of rotatable bonds is 21. The van der Waals surface area contributed by atoms with Gasteiger partial charge in [-0.15, -0.1) is 0 Å². The maximum atomic E-state index is 16.2. The number of hydrogen-bond acceptors (Lipinski definition) is 13. The third-order valence-corrected chi connectivity index (χ3v) is 14.0. The molecular weight excluding hydrogens is 954 g/mol. The highest BCUT2D eigenvalue weighted by Gasteiger charge is 2.56. The molecule has 0 aromatic heterocycles. The molecule has 3 aromatic rings. The van der Waals surface area contributed by atoms with Crippen molar-refractivity contribution >= 4 is 54.3 Å².